The van der Waals surface area contributed by atoms with Crippen LogP contribution >= 0.6 is 0 Å². The standard InChI is InChI=1S/C28H39N6O6S/c1-5-7-21-23(18-29-3)33(4)26-25(21)30-27(31-28(26)35)22-17-20(8-9-24(22)39-15-6-2)41(37,38)34-13-10-19(11-14-34)12-16-40-32-36/h8-9,17-19,32H,5-7,10-16H2,1-4H3,(H,30,31,35)/q-1. The maximum absolute atomic E-state index is 13.7. The molecule has 2 aromatic heterocycles. The maximum Gasteiger partial charge on any atom is 0.275 e. The first-order valence-corrected chi connectivity index (χ1v) is 15.5. The molecule has 3 heterocycles. The lowest BCUT2D eigenvalue weighted by molar-refractivity contribution is 0.0561. The molecule has 12 nitrogen and oxygen atoms in total. The van der Waals surface area contributed by atoms with Crippen LogP contribution in [0.2, 0.25) is 0 Å². The van der Waals surface area contributed by atoms with E-state index in [2.05, 4.69) is 21.7 Å². The minimum absolute atomic E-state index is 0.108. The van der Waals surface area contributed by atoms with Crippen LogP contribution in [0.1, 0.15) is 57.2 Å². The Balaban J connectivity index is 1.76. The van der Waals surface area contributed by atoms with E-state index in [0.29, 0.717) is 67.7 Å². The minimum Gasteiger partial charge on any atom is -0.765 e. The Kier molecular flexibility index (Phi) is 10.3. The van der Waals surface area contributed by atoms with Gasteiger partial charge in [-0.2, -0.15) is 4.31 Å². The summed E-state index contributed by atoms with van der Waals surface area (Å²) in [5.74, 6) is 0.976. The summed E-state index contributed by atoms with van der Waals surface area (Å²) < 4.78 is 36.7. The number of sulfonamides is 1. The highest BCUT2D eigenvalue weighted by atomic mass is 32.2. The van der Waals surface area contributed by atoms with Gasteiger partial charge in [-0.1, -0.05) is 20.3 Å². The van der Waals surface area contributed by atoms with Crippen LogP contribution < -0.4 is 15.9 Å². The Bertz CT molecular complexity index is 1540. The highest BCUT2D eigenvalue weighted by Crippen LogP contribution is 2.34. The van der Waals surface area contributed by atoms with Gasteiger partial charge < -0.3 is 24.3 Å². The molecule has 0 spiro atoms. The van der Waals surface area contributed by atoms with Crippen LogP contribution in [-0.2, 0) is 28.3 Å². The third-order valence-electron chi connectivity index (χ3n) is 7.50. The molecule has 0 radical (unpaired) electrons. The first-order chi connectivity index (χ1) is 19.8. The predicted octanol–water partition coefficient (Wildman–Crippen LogP) is 3.53. The van der Waals surface area contributed by atoms with E-state index >= 15 is 0 Å². The molecule has 224 valence electrons. The van der Waals surface area contributed by atoms with Gasteiger partial charge in [0.15, 0.2) is 0 Å². The first kappa shape index (κ1) is 30.8. The number of fused-ring (bicyclic) bond motifs is 1. The molecular formula is C28H39N6O6S-. The van der Waals surface area contributed by atoms with Gasteiger partial charge in [-0.15, -0.1) is 0 Å². The molecule has 1 aliphatic heterocycles. The Morgan fingerprint density at radius 1 is 1.22 bits per heavy atom. The van der Waals surface area contributed by atoms with Gasteiger partial charge in [-0.25, -0.2) is 13.4 Å². The number of benzene rings is 1. The Morgan fingerprint density at radius 2 is 1.98 bits per heavy atom. The number of H-pyrrole nitrogens is 1. The van der Waals surface area contributed by atoms with Crippen LogP contribution in [0.4, 0.5) is 0 Å². The summed E-state index contributed by atoms with van der Waals surface area (Å²) in [5, 5.41) is 10.3. The molecule has 0 atom stereocenters. The molecule has 3 aromatic rings. The minimum atomic E-state index is -3.81. The van der Waals surface area contributed by atoms with Crippen molar-refractivity contribution >= 4 is 27.3 Å². The van der Waals surface area contributed by atoms with Gasteiger partial charge in [0.05, 0.1) is 29.4 Å². The van der Waals surface area contributed by atoms with Gasteiger partial charge in [0.1, 0.15) is 22.6 Å². The SMILES string of the molecule is CCCOc1ccc(S(=O)(=O)N2CCC(CCON[O-])CC2)cc1-c1nc2c(CCC)c(C=NC)n(C)c2c(=O)[nH]1. The summed E-state index contributed by atoms with van der Waals surface area (Å²) in [7, 11) is -0.317. The van der Waals surface area contributed by atoms with Gasteiger partial charge in [0.2, 0.25) is 10.0 Å². The molecule has 0 unspecified atom stereocenters. The second kappa shape index (κ2) is 13.7. The Labute approximate surface area is 240 Å². The number of rotatable bonds is 13. The number of hydrogen-bond acceptors (Lipinski definition) is 9. The molecule has 2 N–H and O–H groups in total. The van der Waals surface area contributed by atoms with Crippen LogP contribution in [-0.4, -0.2) is 66.8 Å². The van der Waals surface area contributed by atoms with Crippen molar-refractivity contribution in [2.24, 2.45) is 18.0 Å². The number of aliphatic imine (C=N–C) groups is 1. The second-order valence-corrected chi connectivity index (χ2v) is 12.2. The fourth-order valence-electron chi connectivity index (χ4n) is 5.39. The van der Waals surface area contributed by atoms with E-state index in [1.54, 1.807) is 36.0 Å². The van der Waals surface area contributed by atoms with E-state index in [-0.39, 0.29) is 28.8 Å². The van der Waals surface area contributed by atoms with Crippen molar-refractivity contribution < 1.29 is 18.0 Å². The van der Waals surface area contributed by atoms with E-state index in [4.69, 9.17) is 9.72 Å². The molecule has 0 bridgehead atoms. The van der Waals surface area contributed by atoms with Gasteiger partial charge in [0.25, 0.3) is 5.56 Å². The molecule has 41 heavy (non-hydrogen) atoms. The van der Waals surface area contributed by atoms with Crippen LogP contribution in [0.15, 0.2) is 32.9 Å². The monoisotopic (exact) mass is 587 g/mol. The van der Waals surface area contributed by atoms with E-state index in [9.17, 15) is 18.4 Å². The van der Waals surface area contributed by atoms with Crippen LogP contribution in [0.25, 0.3) is 22.4 Å². The predicted molar refractivity (Wildman–Crippen MR) is 159 cm³/mol. The number of nitrogens with one attached hydrogen (secondary N) is 2. The van der Waals surface area contributed by atoms with Crippen LogP contribution in [0.3, 0.4) is 0 Å². The maximum atomic E-state index is 13.7. The summed E-state index contributed by atoms with van der Waals surface area (Å²) >= 11 is 0. The van der Waals surface area contributed by atoms with E-state index in [1.807, 2.05) is 14.0 Å². The molecule has 0 aliphatic carbocycles. The van der Waals surface area contributed by atoms with Crippen LogP contribution in [0, 0.1) is 11.1 Å². The number of aryl methyl sites for hydroxylation is 2. The number of aromatic nitrogens is 3. The summed E-state index contributed by atoms with van der Waals surface area (Å²) in [6, 6.07) is 4.72. The Morgan fingerprint density at radius 3 is 2.63 bits per heavy atom. The van der Waals surface area contributed by atoms with Gasteiger partial charge in [-0.05, 0) is 56.2 Å². The van der Waals surface area contributed by atoms with Crippen molar-refractivity contribution in [2.75, 3.05) is 33.4 Å². The third-order valence-corrected chi connectivity index (χ3v) is 9.40. The molecule has 1 aliphatic rings. The summed E-state index contributed by atoms with van der Waals surface area (Å²) in [4.78, 5) is 30.1. The number of nitrogens with zero attached hydrogens (tertiary/aromatic N) is 4. The quantitative estimate of drug-likeness (QED) is 0.175. The van der Waals surface area contributed by atoms with Crippen molar-refractivity contribution in [3.05, 3.63) is 45.0 Å². The molecule has 0 amide bonds. The molecule has 0 saturated carbocycles. The number of piperidine rings is 1. The van der Waals surface area contributed by atoms with Crippen LogP contribution in [0.5, 0.6) is 5.75 Å². The molecule has 1 aromatic carbocycles. The average Bonchev–Trinajstić information content (AvgIpc) is 3.23. The third kappa shape index (κ3) is 6.54. The van der Waals surface area contributed by atoms with Crippen molar-refractivity contribution in [3.63, 3.8) is 0 Å². The number of hydrogen-bond donors (Lipinski definition) is 2. The molecule has 1 saturated heterocycles. The lowest BCUT2D eigenvalue weighted by Gasteiger charge is -2.31. The van der Waals surface area contributed by atoms with Crippen molar-refractivity contribution in [1.29, 1.82) is 0 Å². The lowest BCUT2D eigenvalue weighted by atomic mass is 9.95. The van der Waals surface area contributed by atoms with Crippen molar-refractivity contribution in [1.82, 2.24) is 24.5 Å². The highest BCUT2D eigenvalue weighted by Gasteiger charge is 2.30. The molecular weight excluding hydrogens is 548 g/mol. The zero-order chi connectivity index (χ0) is 29.6. The summed E-state index contributed by atoms with van der Waals surface area (Å²) in [6.45, 7) is 5.49. The van der Waals surface area contributed by atoms with E-state index < -0.39 is 10.0 Å². The van der Waals surface area contributed by atoms with Gasteiger partial charge >= 0.3 is 0 Å². The van der Waals surface area contributed by atoms with E-state index in [0.717, 1.165) is 24.1 Å². The smallest absolute Gasteiger partial charge is 0.275 e. The second-order valence-electron chi connectivity index (χ2n) is 10.2. The summed E-state index contributed by atoms with van der Waals surface area (Å²) in [5.41, 5.74) is 4.25. The number of ether oxygens (including phenoxy) is 1. The largest absolute Gasteiger partial charge is 0.765 e. The fraction of sp³-hybridized carbons (Fsp3) is 0.536. The molecule has 13 heteroatoms. The molecule has 1 fully saturated rings. The molecule has 4 rings (SSSR count). The zero-order valence-electron chi connectivity index (χ0n) is 24.1. The number of aromatic amines is 1. The van der Waals surface area contributed by atoms with E-state index in [1.165, 1.54) is 9.95 Å². The normalized spacial score (nSPS) is 15.3. The van der Waals surface area contributed by atoms with Crippen molar-refractivity contribution in [3.8, 4) is 17.1 Å². The van der Waals surface area contributed by atoms with Gasteiger partial charge in [-0.3, -0.25) is 15.4 Å². The summed E-state index contributed by atoms with van der Waals surface area (Å²) in [6.07, 6.45) is 6.08. The fourth-order valence-corrected chi connectivity index (χ4v) is 6.89. The average molecular weight is 588 g/mol. The first-order valence-electron chi connectivity index (χ1n) is 14.1. The lowest BCUT2D eigenvalue weighted by Crippen LogP contribution is -2.38. The Hall–Kier alpha value is -3.10. The van der Waals surface area contributed by atoms with Gasteiger partial charge in [0, 0.05) is 39.0 Å². The van der Waals surface area contributed by atoms with Crippen molar-refractivity contribution in [2.45, 2.75) is 57.3 Å². The highest BCUT2D eigenvalue weighted by molar-refractivity contribution is 7.89. The topological polar surface area (TPSA) is 154 Å². The zero-order valence-corrected chi connectivity index (χ0v) is 24.9.